The lowest BCUT2D eigenvalue weighted by Gasteiger charge is -2.09. The number of nitrogens with zero attached hydrogens (tertiary/aromatic N) is 1. The van der Waals surface area contributed by atoms with E-state index in [4.69, 9.17) is 16.3 Å². The van der Waals surface area contributed by atoms with Gasteiger partial charge in [0.2, 0.25) is 0 Å². The maximum absolute atomic E-state index is 12.7. The zero-order chi connectivity index (χ0) is 26.1. The summed E-state index contributed by atoms with van der Waals surface area (Å²) in [6.07, 6.45) is -3.35. The van der Waals surface area contributed by atoms with Crippen LogP contribution in [0.1, 0.15) is 11.1 Å². The van der Waals surface area contributed by atoms with Crippen LogP contribution in [-0.4, -0.2) is 30.5 Å². The molecule has 0 saturated carbocycles. The molecule has 0 aromatic heterocycles. The van der Waals surface area contributed by atoms with Crippen LogP contribution in [0.3, 0.4) is 0 Å². The fourth-order valence-electron chi connectivity index (χ4n) is 2.73. The number of halogens is 4. The van der Waals surface area contributed by atoms with Crippen molar-refractivity contribution < 1.29 is 32.3 Å². The summed E-state index contributed by atoms with van der Waals surface area (Å²) in [5.41, 5.74) is 1.82. The summed E-state index contributed by atoms with van der Waals surface area (Å²) < 4.78 is 43.6. The predicted molar refractivity (Wildman–Crippen MR) is 128 cm³/mol. The summed E-state index contributed by atoms with van der Waals surface area (Å²) in [7, 11) is 0. The number of nitrogens with one attached hydrogen (secondary N) is 3. The number of rotatable bonds is 7. The van der Waals surface area contributed by atoms with Crippen molar-refractivity contribution in [2.45, 2.75) is 6.18 Å². The zero-order valence-corrected chi connectivity index (χ0v) is 19.1. The fraction of sp³-hybridized carbons (Fsp3) is 0.0833. The van der Waals surface area contributed by atoms with Crippen LogP contribution in [0, 0.1) is 0 Å². The van der Waals surface area contributed by atoms with Gasteiger partial charge in [0.1, 0.15) is 5.75 Å². The zero-order valence-electron chi connectivity index (χ0n) is 18.3. The van der Waals surface area contributed by atoms with Crippen LogP contribution >= 0.6 is 11.6 Å². The van der Waals surface area contributed by atoms with Gasteiger partial charge in [-0.2, -0.15) is 18.3 Å². The van der Waals surface area contributed by atoms with E-state index in [1.807, 2.05) is 5.43 Å². The molecule has 36 heavy (non-hydrogen) atoms. The first-order valence-corrected chi connectivity index (χ1v) is 10.6. The van der Waals surface area contributed by atoms with E-state index in [9.17, 15) is 27.6 Å². The standard InChI is InChI=1S/C24H18ClF3N4O4/c25-19-6-1-2-7-20(19)31-21(33)14-36-18-10-8-15(9-11-18)13-29-32-23(35)22(34)30-17-5-3-4-16(12-17)24(26,27)28/h1-13H,14H2,(H,30,34)(H,31,33)(H,32,35). The van der Waals surface area contributed by atoms with Gasteiger partial charge in [-0.25, -0.2) is 5.43 Å². The second kappa shape index (κ2) is 11.8. The van der Waals surface area contributed by atoms with Crippen LogP contribution in [0.4, 0.5) is 24.5 Å². The Morgan fingerprint density at radius 1 is 0.917 bits per heavy atom. The van der Waals surface area contributed by atoms with Gasteiger partial charge in [-0.1, -0.05) is 29.8 Å². The van der Waals surface area contributed by atoms with Crippen molar-refractivity contribution in [2.75, 3.05) is 17.2 Å². The van der Waals surface area contributed by atoms with Crippen molar-refractivity contribution >= 4 is 46.9 Å². The minimum atomic E-state index is -4.59. The third kappa shape index (κ3) is 7.84. The number of carbonyl (C=O) groups is 3. The lowest BCUT2D eigenvalue weighted by molar-refractivity contribution is -0.137. The van der Waals surface area contributed by atoms with E-state index >= 15 is 0 Å². The van der Waals surface area contributed by atoms with E-state index in [0.29, 0.717) is 28.1 Å². The minimum absolute atomic E-state index is 0.190. The first-order chi connectivity index (χ1) is 17.1. The second-order valence-electron chi connectivity index (χ2n) is 7.12. The minimum Gasteiger partial charge on any atom is -0.484 e. The molecule has 3 aromatic carbocycles. The summed E-state index contributed by atoms with van der Waals surface area (Å²) in [5, 5.41) is 8.73. The highest BCUT2D eigenvalue weighted by molar-refractivity contribution is 6.39. The third-order valence-corrected chi connectivity index (χ3v) is 4.76. The highest BCUT2D eigenvalue weighted by atomic mass is 35.5. The number of alkyl halides is 3. The average molecular weight is 519 g/mol. The topological polar surface area (TPSA) is 109 Å². The van der Waals surface area contributed by atoms with Gasteiger partial charge in [-0.05, 0) is 60.2 Å². The van der Waals surface area contributed by atoms with Gasteiger partial charge >= 0.3 is 18.0 Å². The molecule has 186 valence electrons. The first kappa shape index (κ1) is 26.2. The van der Waals surface area contributed by atoms with Gasteiger partial charge < -0.3 is 15.4 Å². The number of hydrogen-bond donors (Lipinski definition) is 3. The molecule has 0 unspecified atom stereocenters. The molecule has 12 heteroatoms. The maximum Gasteiger partial charge on any atom is 0.416 e. The lowest BCUT2D eigenvalue weighted by Crippen LogP contribution is -2.32. The smallest absolute Gasteiger partial charge is 0.416 e. The number of hydrogen-bond acceptors (Lipinski definition) is 5. The summed E-state index contributed by atoms with van der Waals surface area (Å²) in [6.45, 7) is -0.254. The fourth-order valence-corrected chi connectivity index (χ4v) is 2.91. The van der Waals surface area contributed by atoms with Crippen molar-refractivity contribution in [2.24, 2.45) is 5.10 Å². The van der Waals surface area contributed by atoms with Gasteiger partial charge in [0.15, 0.2) is 6.61 Å². The summed E-state index contributed by atoms with van der Waals surface area (Å²) in [4.78, 5) is 35.7. The molecule has 3 N–H and O–H groups in total. The van der Waals surface area contributed by atoms with Crippen molar-refractivity contribution in [1.29, 1.82) is 0 Å². The number of hydrazone groups is 1. The van der Waals surface area contributed by atoms with Crippen LogP contribution in [0.25, 0.3) is 0 Å². The number of benzene rings is 3. The Hall–Kier alpha value is -4.38. The molecular formula is C24H18ClF3N4O4. The number of para-hydroxylation sites is 1. The summed E-state index contributed by atoms with van der Waals surface area (Å²) in [6, 6.07) is 16.9. The van der Waals surface area contributed by atoms with E-state index < -0.39 is 29.5 Å². The monoisotopic (exact) mass is 518 g/mol. The number of carbonyl (C=O) groups excluding carboxylic acids is 3. The van der Waals surface area contributed by atoms with Crippen LogP contribution < -0.4 is 20.8 Å². The molecule has 0 fully saturated rings. The molecule has 0 radical (unpaired) electrons. The molecule has 0 atom stereocenters. The highest BCUT2D eigenvalue weighted by Gasteiger charge is 2.30. The van der Waals surface area contributed by atoms with Crippen molar-refractivity contribution in [1.82, 2.24) is 5.43 Å². The molecule has 0 saturated heterocycles. The lowest BCUT2D eigenvalue weighted by atomic mass is 10.2. The SMILES string of the molecule is O=C(COc1ccc(C=NNC(=O)C(=O)Nc2cccc(C(F)(F)F)c2)cc1)Nc1ccccc1Cl. The highest BCUT2D eigenvalue weighted by Crippen LogP contribution is 2.30. The Bertz CT molecular complexity index is 1280. The second-order valence-corrected chi connectivity index (χ2v) is 7.52. The Morgan fingerprint density at radius 3 is 2.33 bits per heavy atom. The van der Waals surface area contributed by atoms with Crippen LogP contribution in [0.5, 0.6) is 5.75 Å². The molecule has 0 bridgehead atoms. The molecule has 0 aliphatic rings. The average Bonchev–Trinajstić information content (AvgIpc) is 2.84. The van der Waals surface area contributed by atoms with Crippen molar-refractivity contribution in [3.8, 4) is 5.75 Å². The van der Waals surface area contributed by atoms with E-state index in [-0.39, 0.29) is 12.3 Å². The first-order valence-electron chi connectivity index (χ1n) is 10.2. The molecule has 0 spiro atoms. The number of amides is 3. The maximum atomic E-state index is 12.7. The van der Waals surface area contributed by atoms with Crippen LogP contribution in [0.15, 0.2) is 77.9 Å². The van der Waals surface area contributed by atoms with Crippen molar-refractivity contribution in [3.05, 3.63) is 88.9 Å². The molecule has 3 amide bonds. The molecule has 0 aliphatic carbocycles. The normalized spacial score (nSPS) is 11.1. The van der Waals surface area contributed by atoms with Crippen LogP contribution in [-0.2, 0) is 20.6 Å². The van der Waals surface area contributed by atoms with Gasteiger partial charge in [0.25, 0.3) is 5.91 Å². The molecular weight excluding hydrogens is 501 g/mol. The molecule has 3 rings (SSSR count). The predicted octanol–water partition coefficient (Wildman–Crippen LogP) is 4.47. The Morgan fingerprint density at radius 2 is 1.64 bits per heavy atom. The molecule has 8 nitrogen and oxygen atoms in total. The quantitative estimate of drug-likeness (QED) is 0.244. The largest absolute Gasteiger partial charge is 0.484 e. The van der Waals surface area contributed by atoms with E-state index in [0.717, 1.165) is 12.1 Å². The van der Waals surface area contributed by atoms with Gasteiger partial charge in [0.05, 0.1) is 22.5 Å². The Labute approximate surface area is 208 Å². The molecule has 0 heterocycles. The van der Waals surface area contributed by atoms with Gasteiger partial charge in [-0.3, -0.25) is 14.4 Å². The number of ether oxygens (including phenoxy) is 1. The molecule has 3 aromatic rings. The van der Waals surface area contributed by atoms with Gasteiger partial charge in [0, 0.05) is 5.69 Å². The van der Waals surface area contributed by atoms with Crippen molar-refractivity contribution in [3.63, 3.8) is 0 Å². The summed E-state index contributed by atoms with van der Waals surface area (Å²) in [5.74, 6) is -2.37. The summed E-state index contributed by atoms with van der Waals surface area (Å²) >= 11 is 5.98. The van der Waals surface area contributed by atoms with Gasteiger partial charge in [-0.15, -0.1) is 0 Å². The molecule has 0 aliphatic heterocycles. The van der Waals surface area contributed by atoms with E-state index in [1.165, 1.54) is 12.3 Å². The number of anilines is 2. The van der Waals surface area contributed by atoms with Crippen LogP contribution in [0.2, 0.25) is 5.02 Å². The van der Waals surface area contributed by atoms with E-state index in [1.54, 1.807) is 48.5 Å². The third-order valence-electron chi connectivity index (χ3n) is 4.43. The Balaban J connectivity index is 1.45. The van der Waals surface area contributed by atoms with E-state index in [2.05, 4.69) is 15.7 Å². The Kier molecular flexibility index (Phi) is 8.63.